The van der Waals surface area contributed by atoms with Crippen LogP contribution in [0.5, 0.6) is 0 Å². The highest BCUT2D eigenvalue weighted by atomic mass is 32.2. The molecule has 1 heterocycles. The van der Waals surface area contributed by atoms with Crippen LogP contribution in [0.1, 0.15) is 55.1 Å². The number of hydrogen-bond acceptors (Lipinski definition) is 5. The molecule has 0 saturated heterocycles. The maximum atomic E-state index is 14.2. The minimum absolute atomic E-state index is 0.0601. The molecule has 0 unspecified atom stereocenters. The van der Waals surface area contributed by atoms with Gasteiger partial charge in [0.15, 0.2) is 5.16 Å². The molecule has 0 fully saturated rings. The second-order valence-electron chi connectivity index (χ2n) is 12.2. The smallest absolute Gasteiger partial charge is 0.277 e. The average molecular weight is 631 g/mol. The van der Waals surface area contributed by atoms with Gasteiger partial charge in [0.05, 0.1) is 0 Å². The summed E-state index contributed by atoms with van der Waals surface area (Å²) in [5.41, 5.74) is 5.61. The van der Waals surface area contributed by atoms with Gasteiger partial charge in [-0.25, -0.2) is 8.78 Å². The maximum absolute atomic E-state index is 14.2. The van der Waals surface area contributed by atoms with Crippen molar-refractivity contribution in [2.75, 3.05) is 13.1 Å². The first kappa shape index (κ1) is 32.6. The molecule has 0 saturated carbocycles. The number of thioether (sulfide) groups is 1. The van der Waals surface area contributed by atoms with Crippen molar-refractivity contribution in [1.29, 1.82) is 0 Å². The van der Waals surface area contributed by atoms with E-state index in [0.717, 1.165) is 47.3 Å². The molecule has 6 nitrogen and oxygen atoms in total. The highest BCUT2D eigenvalue weighted by Gasteiger charge is 2.28. The fourth-order valence-electron chi connectivity index (χ4n) is 5.88. The first-order chi connectivity index (χ1) is 21.7. The number of aromatic nitrogens is 2. The van der Waals surface area contributed by atoms with Gasteiger partial charge in [0.25, 0.3) is 5.56 Å². The number of carbonyl (C=O) groups is 1. The Morgan fingerprint density at radius 3 is 2.20 bits per heavy atom. The zero-order chi connectivity index (χ0) is 32.0. The summed E-state index contributed by atoms with van der Waals surface area (Å²) in [5.74, 6) is 0.138. The molecule has 1 aliphatic rings. The van der Waals surface area contributed by atoms with Crippen molar-refractivity contribution in [3.05, 3.63) is 117 Å². The normalized spacial score (nSPS) is 12.7. The lowest BCUT2D eigenvalue weighted by molar-refractivity contribution is -0.133. The minimum atomic E-state index is -0.487. The largest absolute Gasteiger partial charge is 0.335 e. The summed E-state index contributed by atoms with van der Waals surface area (Å²) in [5, 5.41) is 3.99. The van der Waals surface area contributed by atoms with Crippen LogP contribution in [-0.4, -0.2) is 39.0 Å². The van der Waals surface area contributed by atoms with Crippen LogP contribution in [0, 0.1) is 5.82 Å². The Morgan fingerprint density at radius 1 is 0.956 bits per heavy atom. The first-order valence-electron chi connectivity index (χ1n) is 15.4. The Bertz CT molecular complexity index is 1670. The minimum Gasteiger partial charge on any atom is -0.335 e. The van der Waals surface area contributed by atoms with Crippen LogP contribution in [0.25, 0.3) is 11.1 Å². The highest BCUT2D eigenvalue weighted by Crippen LogP contribution is 2.27. The second-order valence-corrected chi connectivity index (χ2v) is 13.1. The number of alkyl halides is 1. The summed E-state index contributed by atoms with van der Waals surface area (Å²) in [7, 11) is 0. The van der Waals surface area contributed by atoms with E-state index in [2.05, 4.69) is 24.1 Å². The van der Waals surface area contributed by atoms with Crippen molar-refractivity contribution < 1.29 is 13.6 Å². The summed E-state index contributed by atoms with van der Waals surface area (Å²) in [6.07, 6.45) is 2.24. The monoisotopic (exact) mass is 630 g/mol. The van der Waals surface area contributed by atoms with Crippen molar-refractivity contribution >= 4 is 17.7 Å². The van der Waals surface area contributed by atoms with Crippen molar-refractivity contribution in [3.63, 3.8) is 0 Å². The fraction of sp³-hybridized carbons (Fsp3) is 0.361. The number of fused-ring (bicyclic) bond motifs is 1. The van der Waals surface area contributed by atoms with Gasteiger partial charge in [-0.15, -0.1) is 0 Å². The van der Waals surface area contributed by atoms with Crippen molar-refractivity contribution in [1.82, 2.24) is 19.8 Å². The Morgan fingerprint density at radius 2 is 1.58 bits per heavy atom. The molecule has 45 heavy (non-hydrogen) atoms. The van der Waals surface area contributed by atoms with Crippen LogP contribution in [0.2, 0.25) is 0 Å². The van der Waals surface area contributed by atoms with E-state index in [1.807, 2.05) is 52.8 Å². The van der Waals surface area contributed by atoms with Gasteiger partial charge in [-0.05, 0) is 79.6 Å². The van der Waals surface area contributed by atoms with Gasteiger partial charge < -0.3 is 14.8 Å². The lowest BCUT2D eigenvalue weighted by atomic mass is 10.0. The lowest BCUT2D eigenvalue weighted by Gasteiger charge is -2.34. The number of amides is 1. The number of benzene rings is 3. The Balaban J connectivity index is 1.40. The maximum Gasteiger partial charge on any atom is 0.277 e. The van der Waals surface area contributed by atoms with Gasteiger partial charge in [-0.2, -0.15) is 4.98 Å². The van der Waals surface area contributed by atoms with Gasteiger partial charge in [0.1, 0.15) is 19.0 Å². The van der Waals surface area contributed by atoms with E-state index >= 15 is 0 Å². The number of carbonyl (C=O) groups excluding carboxylic acids is 1. The first-order valence-corrected chi connectivity index (χ1v) is 16.4. The van der Waals surface area contributed by atoms with Crippen molar-refractivity contribution in [2.24, 2.45) is 0 Å². The molecular weight excluding hydrogens is 590 g/mol. The molecule has 1 aromatic heterocycles. The molecule has 0 radical (unpaired) electrons. The number of halogens is 2. The molecule has 1 N–H and O–H groups in total. The number of nitrogens with one attached hydrogen (secondary N) is 1. The fourth-order valence-corrected chi connectivity index (χ4v) is 6.84. The molecular formula is C36H40F2N4O2S. The van der Waals surface area contributed by atoms with E-state index in [0.29, 0.717) is 41.5 Å². The SMILES string of the molecule is CCNC(C)(C)CN(Cc1ccc(-c2ccc(CF)cc2)cc1)C(=O)Cn1c(SCc2ccc(F)cc2)nc(=O)c2c1CCC2. The van der Waals surface area contributed by atoms with Crippen LogP contribution in [0.4, 0.5) is 8.78 Å². The number of rotatable bonds is 13. The summed E-state index contributed by atoms with van der Waals surface area (Å²) in [6, 6.07) is 21.8. The molecule has 0 spiro atoms. The molecule has 4 aromatic rings. The molecule has 1 aliphatic carbocycles. The molecule has 0 aliphatic heterocycles. The third-order valence-electron chi connectivity index (χ3n) is 8.14. The predicted octanol–water partition coefficient (Wildman–Crippen LogP) is 6.72. The van der Waals surface area contributed by atoms with Crippen LogP contribution in [-0.2, 0) is 43.2 Å². The number of nitrogens with zero attached hydrogens (tertiary/aromatic N) is 3. The lowest BCUT2D eigenvalue weighted by Crippen LogP contribution is -2.51. The summed E-state index contributed by atoms with van der Waals surface area (Å²) in [6.45, 7) is 7.48. The molecule has 236 valence electrons. The molecule has 9 heteroatoms. The van der Waals surface area contributed by atoms with E-state index < -0.39 is 6.67 Å². The van der Waals surface area contributed by atoms with Crippen LogP contribution in [0.15, 0.2) is 82.7 Å². The zero-order valence-corrected chi connectivity index (χ0v) is 26.9. The average Bonchev–Trinajstić information content (AvgIpc) is 3.53. The van der Waals surface area contributed by atoms with Gasteiger partial charge in [0.2, 0.25) is 5.91 Å². The summed E-state index contributed by atoms with van der Waals surface area (Å²) in [4.78, 5) is 33.4. The molecule has 0 atom stereocenters. The van der Waals surface area contributed by atoms with E-state index in [9.17, 15) is 18.4 Å². The van der Waals surface area contributed by atoms with Crippen LogP contribution in [0.3, 0.4) is 0 Å². The number of likely N-dealkylation sites (N-methyl/N-ethyl adjacent to an activating group) is 1. The third-order valence-corrected chi connectivity index (χ3v) is 9.19. The van der Waals surface area contributed by atoms with E-state index in [1.165, 1.54) is 23.9 Å². The van der Waals surface area contributed by atoms with Gasteiger partial charge >= 0.3 is 0 Å². The van der Waals surface area contributed by atoms with Gasteiger partial charge in [-0.1, -0.05) is 79.3 Å². The number of hydrogen-bond donors (Lipinski definition) is 1. The van der Waals surface area contributed by atoms with E-state index in [-0.39, 0.29) is 29.4 Å². The van der Waals surface area contributed by atoms with Crippen molar-refractivity contribution in [2.45, 2.75) is 76.2 Å². The van der Waals surface area contributed by atoms with Gasteiger partial charge in [-0.3, -0.25) is 9.59 Å². The van der Waals surface area contributed by atoms with Gasteiger partial charge in [0, 0.05) is 35.6 Å². The van der Waals surface area contributed by atoms with Crippen molar-refractivity contribution in [3.8, 4) is 11.1 Å². The van der Waals surface area contributed by atoms with E-state index in [1.54, 1.807) is 24.3 Å². The molecule has 1 amide bonds. The summed E-state index contributed by atoms with van der Waals surface area (Å²) < 4.78 is 28.3. The molecule has 3 aromatic carbocycles. The second kappa shape index (κ2) is 14.5. The Kier molecular flexibility index (Phi) is 10.5. The zero-order valence-electron chi connectivity index (χ0n) is 26.1. The molecule has 5 rings (SSSR count). The quantitative estimate of drug-likeness (QED) is 0.131. The third kappa shape index (κ3) is 8.27. The van der Waals surface area contributed by atoms with Crippen LogP contribution < -0.4 is 10.9 Å². The molecule has 0 bridgehead atoms. The van der Waals surface area contributed by atoms with E-state index in [4.69, 9.17) is 0 Å². The predicted molar refractivity (Wildman–Crippen MR) is 176 cm³/mol. The Labute approximate surface area is 267 Å². The summed E-state index contributed by atoms with van der Waals surface area (Å²) >= 11 is 1.39. The topological polar surface area (TPSA) is 67.2 Å². The van der Waals surface area contributed by atoms with Crippen LogP contribution >= 0.6 is 11.8 Å². The highest BCUT2D eigenvalue weighted by molar-refractivity contribution is 7.98. The standard InChI is InChI=1S/C36H40F2N4O2S/c1-4-39-36(2,3)24-41(21-26-10-16-29(17-11-26)28-14-8-25(20-37)9-15-28)33(43)22-42-32-7-5-6-31(32)34(44)40-35(42)45-23-27-12-18-30(38)19-13-27/h8-19,39H,4-7,20-24H2,1-3H3. The Hall–Kier alpha value is -3.82.